The van der Waals surface area contributed by atoms with E-state index in [2.05, 4.69) is 4.90 Å². The van der Waals surface area contributed by atoms with Crippen molar-refractivity contribution < 1.29 is 28.1 Å². The first kappa shape index (κ1) is 19.5. The summed E-state index contributed by atoms with van der Waals surface area (Å²) >= 11 is 0. The van der Waals surface area contributed by atoms with Crippen molar-refractivity contribution >= 4 is 5.78 Å². The molecule has 2 aliphatic rings. The maximum absolute atomic E-state index is 13.4. The molecule has 2 heterocycles. The second kappa shape index (κ2) is 7.91. The number of rotatable bonds is 6. The van der Waals surface area contributed by atoms with Gasteiger partial charge >= 0.3 is 0 Å². The van der Waals surface area contributed by atoms with Crippen LogP contribution in [0.5, 0.6) is 23.0 Å². The second-order valence-corrected chi connectivity index (χ2v) is 7.34. The fourth-order valence-corrected chi connectivity index (χ4v) is 4.15. The zero-order valence-corrected chi connectivity index (χ0v) is 16.8. The topological polar surface area (TPSA) is 57.2 Å². The number of hydrogen-bond donors (Lipinski definition) is 0. The molecule has 0 amide bonds. The largest absolute Gasteiger partial charge is 0.496 e. The predicted octanol–water partition coefficient (Wildman–Crippen LogP) is 3.30. The third-order valence-corrected chi connectivity index (χ3v) is 5.60. The van der Waals surface area contributed by atoms with Gasteiger partial charge in [-0.1, -0.05) is 6.07 Å². The lowest BCUT2D eigenvalue weighted by atomic mass is 9.87. The lowest BCUT2D eigenvalue weighted by Gasteiger charge is -2.35. The molecule has 0 bridgehead atoms. The van der Waals surface area contributed by atoms with Crippen LogP contribution in [-0.4, -0.2) is 45.3 Å². The number of ether oxygens (including phenoxy) is 4. The Labute approximate surface area is 169 Å². The summed E-state index contributed by atoms with van der Waals surface area (Å²) in [7, 11) is 5.08. The van der Waals surface area contributed by atoms with E-state index in [4.69, 9.17) is 18.9 Å². The van der Waals surface area contributed by atoms with E-state index in [0.29, 0.717) is 35.0 Å². The molecule has 6 nitrogen and oxygen atoms in total. The van der Waals surface area contributed by atoms with Gasteiger partial charge in [0.25, 0.3) is 0 Å². The van der Waals surface area contributed by atoms with E-state index in [-0.39, 0.29) is 30.9 Å². The highest BCUT2D eigenvalue weighted by Crippen LogP contribution is 2.50. The Morgan fingerprint density at radius 1 is 1.24 bits per heavy atom. The molecule has 29 heavy (non-hydrogen) atoms. The first-order valence-corrected chi connectivity index (χ1v) is 9.55. The smallest absolute Gasteiger partial charge is 0.231 e. The Kier molecular flexibility index (Phi) is 5.32. The minimum Gasteiger partial charge on any atom is -0.496 e. The molecule has 1 atom stereocenters. The molecule has 2 aliphatic heterocycles. The summed E-state index contributed by atoms with van der Waals surface area (Å²) in [6, 6.07) is 6.10. The fraction of sp³-hybridized carbons (Fsp3) is 0.409. The molecule has 0 aliphatic carbocycles. The van der Waals surface area contributed by atoms with E-state index in [1.54, 1.807) is 13.2 Å². The number of halogens is 1. The van der Waals surface area contributed by atoms with Crippen LogP contribution in [0.25, 0.3) is 0 Å². The number of nitrogens with zero attached hydrogens (tertiary/aromatic N) is 1. The van der Waals surface area contributed by atoms with Crippen molar-refractivity contribution in [3.8, 4) is 23.0 Å². The second-order valence-electron chi connectivity index (χ2n) is 7.34. The van der Waals surface area contributed by atoms with Crippen molar-refractivity contribution in [1.29, 1.82) is 0 Å². The summed E-state index contributed by atoms with van der Waals surface area (Å²) in [5.74, 6) is 1.96. The van der Waals surface area contributed by atoms with Gasteiger partial charge in [-0.15, -0.1) is 0 Å². The SMILES string of the molecule is COc1cc(F)ccc1CC(=O)CC1c2c(cc3c(c2OC)OCO3)CCN1C. The molecular weight excluding hydrogens is 377 g/mol. The van der Waals surface area contributed by atoms with E-state index in [1.807, 2.05) is 13.1 Å². The Balaban J connectivity index is 1.62. The summed E-state index contributed by atoms with van der Waals surface area (Å²) in [6.07, 6.45) is 1.32. The van der Waals surface area contributed by atoms with Crippen LogP contribution in [0.15, 0.2) is 24.3 Å². The van der Waals surface area contributed by atoms with Crippen LogP contribution >= 0.6 is 0 Å². The lowest BCUT2D eigenvalue weighted by Crippen LogP contribution is -2.34. The normalized spacial score (nSPS) is 17.7. The van der Waals surface area contributed by atoms with E-state index < -0.39 is 0 Å². The molecule has 0 N–H and O–H groups in total. The van der Waals surface area contributed by atoms with E-state index >= 15 is 0 Å². The number of methoxy groups -OCH3 is 2. The average Bonchev–Trinajstić information content (AvgIpc) is 3.18. The van der Waals surface area contributed by atoms with Crippen LogP contribution < -0.4 is 18.9 Å². The Bertz CT molecular complexity index is 945. The van der Waals surface area contributed by atoms with E-state index in [1.165, 1.54) is 19.2 Å². The summed E-state index contributed by atoms with van der Waals surface area (Å²) in [5, 5.41) is 0. The number of ketones is 1. The first-order chi connectivity index (χ1) is 14.0. The van der Waals surface area contributed by atoms with Crippen molar-refractivity contribution in [1.82, 2.24) is 4.90 Å². The van der Waals surface area contributed by atoms with Crippen molar-refractivity contribution in [3.05, 3.63) is 46.8 Å². The van der Waals surface area contributed by atoms with Gasteiger partial charge in [0.05, 0.1) is 14.2 Å². The number of likely N-dealkylation sites (N-methyl/N-ethyl adjacent to an activating group) is 1. The van der Waals surface area contributed by atoms with Gasteiger partial charge in [-0.05, 0) is 31.2 Å². The number of benzene rings is 2. The molecular formula is C22H24FNO5. The highest BCUT2D eigenvalue weighted by atomic mass is 19.1. The number of carbonyl (C=O) groups excluding carboxylic acids is 1. The monoisotopic (exact) mass is 401 g/mol. The lowest BCUT2D eigenvalue weighted by molar-refractivity contribution is -0.119. The van der Waals surface area contributed by atoms with Crippen molar-refractivity contribution in [2.24, 2.45) is 0 Å². The van der Waals surface area contributed by atoms with Gasteiger partial charge in [-0.3, -0.25) is 9.69 Å². The summed E-state index contributed by atoms with van der Waals surface area (Å²) in [6.45, 7) is 0.992. The molecule has 0 spiro atoms. The van der Waals surface area contributed by atoms with Crippen molar-refractivity contribution in [3.63, 3.8) is 0 Å². The van der Waals surface area contributed by atoms with Crippen LogP contribution in [0.2, 0.25) is 0 Å². The molecule has 2 aromatic rings. The number of Topliss-reactive ketones (excluding diaryl/α,β-unsaturated/α-hetero) is 1. The number of carbonyl (C=O) groups is 1. The number of hydrogen-bond acceptors (Lipinski definition) is 6. The zero-order chi connectivity index (χ0) is 20.5. The summed E-state index contributed by atoms with van der Waals surface area (Å²) in [4.78, 5) is 15.1. The highest BCUT2D eigenvalue weighted by molar-refractivity contribution is 5.82. The third-order valence-electron chi connectivity index (χ3n) is 5.60. The third kappa shape index (κ3) is 3.62. The molecule has 154 valence electrons. The first-order valence-electron chi connectivity index (χ1n) is 9.55. The molecule has 0 aromatic heterocycles. The maximum atomic E-state index is 13.4. The molecule has 4 rings (SSSR count). The van der Waals surface area contributed by atoms with Gasteiger partial charge < -0.3 is 18.9 Å². The predicted molar refractivity (Wildman–Crippen MR) is 104 cm³/mol. The van der Waals surface area contributed by atoms with Crippen LogP contribution in [0, 0.1) is 5.82 Å². The van der Waals surface area contributed by atoms with Gasteiger partial charge in [0.1, 0.15) is 17.3 Å². The fourth-order valence-electron chi connectivity index (χ4n) is 4.15. The Morgan fingerprint density at radius 2 is 2.07 bits per heavy atom. The quantitative estimate of drug-likeness (QED) is 0.740. The van der Waals surface area contributed by atoms with E-state index in [0.717, 1.165) is 24.1 Å². The van der Waals surface area contributed by atoms with Gasteiger partial charge in [0, 0.05) is 42.6 Å². The maximum Gasteiger partial charge on any atom is 0.231 e. The Hall–Kier alpha value is -2.80. The van der Waals surface area contributed by atoms with Gasteiger partial charge in [-0.2, -0.15) is 0 Å². The molecule has 0 radical (unpaired) electrons. The minimum absolute atomic E-state index is 0.0410. The highest BCUT2D eigenvalue weighted by Gasteiger charge is 2.35. The standard InChI is InChI=1S/C22H24FNO5/c1-24-7-6-14-9-19-21(29-12-28-19)22(27-3)20(14)17(24)11-16(25)8-13-4-5-15(23)10-18(13)26-2/h4-5,9-10,17H,6-8,11-12H2,1-3H3. The van der Waals surface area contributed by atoms with Crippen LogP contribution in [0.1, 0.15) is 29.2 Å². The molecule has 7 heteroatoms. The molecule has 0 saturated carbocycles. The molecule has 0 fully saturated rings. The molecule has 2 aromatic carbocycles. The van der Waals surface area contributed by atoms with Gasteiger partial charge in [0.2, 0.25) is 12.5 Å². The Morgan fingerprint density at radius 3 is 2.83 bits per heavy atom. The summed E-state index contributed by atoms with van der Waals surface area (Å²) in [5.41, 5.74) is 2.77. The van der Waals surface area contributed by atoms with Crippen LogP contribution in [0.3, 0.4) is 0 Å². The van der Waals surface area contributed by atoms with Crippen molar-refractivity contribution in [2.45, 2.75) is 25.3 Å². The summed E-state index contributed by atoms with van der Waals surface area (Å²) < 4.78 is 35.5. The van der Waals surface area contributed by atoms with Crippen molar-refractivity contribution in [2.75, 3.05) is 34.6 Å². The van der Waals surface area contributed by atoms with Crippen LogP contribution in [0.4, 0.5) is 4.39 Å². The molecule has 0 saturated heterocycles. The van der Waals surface area contributed by atoms with Crippen LogP contribution in [-0.2, 0) is 17.6 Å². The minimum atomic E-state index is -0.389. The van der Waals surface area contributed by atoms with Gasteiger partial charge in [-0.25, -0.2) is 4.39 Å². The van der Waals surface area contributed by atoms with E-state index in [9.17, 15) is 9.18 Å². The molecule has 1 unspecified atom stereocenters. The zero-order valence-electron chi connectivity index (χ0n) is 16.8. The average molecular weight is 401 g/mol. The van der Waals surface area contributed by atoms with Gasteiger partial charge in [0.15, 0.2) is 11.5 Å². The number of fused-ring (bicyclic) bond motifs is 2.